The summed E-state index contributed by atoms with van der Waals surface area (Å²) < 4.78 is 11.3. The maximum atomic E-state index is 5.72. The van der Waals surface area contributed by atoms with Crippen LogP contribution in [-0.4, -0.2) is 19.5 Å². The van der Waals surface area contributed by atoms with Crippen molar-refractivity contribution in [3.63, 3.8) is 0 Å². The molecule has 1 heterocycles. The van der Waals surface area contributed by atoms with E-state index in [9.17, 15) is 0 Å². The zero-order chi connectivity index (χ0) is 15.0. The molecule has 118 valence electrons. The number of unbranched alkanes of at least 4 members (excludes halogenated alkanes) is 6. The highest BCUT2D eigenvalue weighted by Gasteiger charge is 2.13. The van der Waals surface area contributed by atoms with Gasteiger partial charge in [-0.25, -0.2) is 0 Å². The Morgan fingerprint density at radius 2 is 1.86 bits per heavy atom. The Labute approximate surface area is 130 Å². The lowest BCUT2D eigenvalue weighted by Crippen LogP contribution is -2.22. The summed E-state index contributed by atoms with van der Waals surface area (Å²) in [6.45, 7) is 5.28. The summed E-state index contributed by atoms with van der Waals surface area (Å²) >= 11 is 0. The molecule has 2 heteroatoms. The standard InChI is InChI=1S/C19H30O2/c1-2-3-4-5-6-7-8-9-10-11-12-14-17-20-19-16-13-15-18-21-19/h2,5-6,19H,1,7-18H2/b6-5+. The molecule has 0 aromatic carbocycles. The Kier molecular flexibility index (Phi) is 11.9. The molecule has 1 unspecified atom stereocenters. The Morgan fingerprint density at radius 3 is 2.62 bits per heavy atom. The Balaban J connectivity index is 1.78. The summed E-state index contributed by atoms with van der Waals surface area (Å²) in [6.07, 6.45) is 18.1. The number of hydrogen-bond donors (Lipinski definition) is 0. The summed E-state index contributed by atoms with van der Waals surface area (Å²) in [4.78, 5) is 0. The van der Waals surface area contributed by atoms with Gasteiger partial charge in [0.15, 0.2) is 6.29 Å². The number of hydrogen-bond acceptors (Lipinski definition) is 2. The van der Waals surface area contributed by atoms with Gasteiger partial charge in [-0.15, -0.1) is 0 Å². The molecule has 1 atom stereocenters. The van der Waals surface area contributed by atoms with Gasteiger partial charge in [-0.3, -0.25) is 0 Å². The lowest BCUT2D eigenvalue weighted by atomic mass is 10.1. The lowest BCUT2D eigenvalue weighted by molar-refractivity contribution is -0.162. The molecule has 0 N–H and O–H groups in total. The van der Waals surface area contributed by atoms with Crippen LogP contribution in [0, 0.1) is 11.8 Å². The van der Waals surface area contributed by atoms with Gasteiger partial charge in [0, 0.05) is 13.2 Å². The molecule has 0 aromatic rings. The molecule has 1 saturated heterocycles. The van der Waals surface area contributed by atoms with Crippen molar-refractivity contribution in [2.24, 2.45) is 0 Å². The minimum atomic E-state index is 0.0784. The monoisotopic (exact) mass is 290 g/mol. The second-order valence-electron chi connectivity index (χ2n) is 5.47. The van der Waals surface area contributed by atoms with Gasteiger partial charge in [0.05, 0.1) is 0 Å². The van der Waals surface area contributed by atoms with Gasteiger partial charge in [-0.1, -0.05) is 50.2 Å². The van der Waals surface area contributed by atoms with Crippen LogP contribution in [0.25, 0.3) is 0 Å². The first-order chi connectivity index (χ1) is 10.4. The Hall–Kier alpha value is -1.04. The van der Waals surface area contributed by atoms with Crippen molar-refractivity contribution in [2.75, 3.05) is 13.2 Å². The van der Waals surface area contributed by atoms with Crippen LogP contribution in [0.4, 0.5) is 0 Å². The van der Waals surface area contributed by atoms with E-state index in [1.54, 1.807) is 6.08 Å². The second-order valence-corrected chi connectivity index (χ2v) is 5.47. The fraction of sp³-hybridized carbons (Fsp3) is 0.684. The van der Waals surface area contributed by atoms with E-state index in [1.165, 1.54) is 44.9 Å². The van der Waals surface area contributed by atoms with Gasteiger partial charge in [0.25, 0.3) is 0 Å². The molecule has 1 fully saturated rings. The van der Waals surface area contributed by atoms with Crippen molar-refractivity contribution in [3.05, 3.63) is 24.8 Å². The van der Waals surface area contributed by atoms with Crippen molar-refractivity contribution in [1.82, 2.24) is 0 Å². The fourth-order valence-electron chi connectivity index (χ4n) is 2.38. The summed E-state index contributed by atoms with van der Waals surface area (Å²) in [5.74, 6) is 5.72. The van der Waals surface area contributed by atoms with Crippen LogP contribution < -0.4 is 0 Å². The molecule has 0 aliphatic carbocycles. The molecule has 0 radical (unpaired) electrons. The second kappa shape index (κ2) is 13.9. The van der Waals surface area contributed by atoms with Crippen LogP contribution in [0.3, 0.4) is 0 Å². The van der Waals surface area contributed by atoms with Crippen LogP contribution in [0.15, 0.2) is 24.8 Å². The van der Waals surface area contributed by atoms with E-state index in [0.717, 1.165) is 32.5 Å². The van der Waals surface area contributed by atoms with E-state index in [-0.39, 0.29) is 6.29 Å². The minimum absolute atomic E-state index is 0.0784. The van der Waals surface area contributed by atoms with E-state index in [1.807, 2.05) is 6.08 Å². The summed E-state index contributed by atoms with van der Waals surface area (Å²) in [5, 5.41) is 0. The first-order valence-electron chi connectivity index (χ1n) is 8.43. The highest BCUT2D eigenvalue weighted by Crippen LogP contribution is 2.14. The first-order valence-corrected chi connectivity index (χ1v) is 8.43. The summed E-state index contributed by atoms with van der Waals surface area (Å²) in [7, 11) is 0. The number of allylic oxidation sites excluding steroid dienone is 3. The summed E-state index contributed by atoms with van der Waals surface area (Å²) in [5.41, 5.74) is 0. The lowest BCUT2D eigenvalue weighted by Gasteiger charge is -2.22. The highest BCUT2D eigenvalue weighted by molar-refractivity contribution is 5.21. The molecule has 1 aliphatic heterocycles. The number of ether oxygens (including phenoxy) is 2. The van der Waals surface area contributed by atoms with E-state index in [4.69, 9.17) is 9.47 Å². The maximum absolute atomic E-state index is 5.72. The Bertz CT molecular complexity index is 329. The van der Waals surface area contributed by atoms with Crippen molar-refractivity contribution >= 4 is 0 Å². The van der Waals surface area contributed by atoms with Gasteiger partial charge >= 0.3 is 0 Å². The smallest absolute Gasteiger partial charge is 0.157 e. The fourth-order valence-corrected chi connectivity index (χ4v) is 2.38. The average molecular weight is 290 g/mol. The van der Waals surface area contributed by atoms with Gasteiger partial charge < -0.3 is 9.47 Å². The Morgan fingerprint density at radius 1 is 1.05 bits per heavy atom. The van der Waals surface area contributed by atoms with Crippen LogP contribution in [0.1, 0.15) is 64.2 Å². The van der Waals surface area contributed by atoms with Crippen LogP contribution in [0.5, 0.6) is 0 Å². The minimum Gasteiger partial charge on any atom is -0.353 e. The molecule has 0 bridgehead atoms. The van der Waals surface area contributed by atoms with Crippen LogP contribution in [0.2, 0.25) is 0 Å². The third kappa shape index (κ3) is 11.3. The molecule has 1 aliphatic rings. The topological polar surface area (TPSA) is 18.5 Å². The van der Waals surface area contributed by atoms with Gasteiger partial charge in [-0.2, -0.15) is 0 Å². The first kappa shape index (κ1) is 18.0. The van der Waals surface area contributed by atoms with E-state index in [0.29, 0.717) is 0 Å². The molecular formula is C19H30O2. The molecular weight excluding hydrogens is 260 g/mol. The average Bonchev–Trinajstić information content (AvgIpc) is 2.53. The van der Waals surface area contributed by atoms with E-state index in [2.05, 4.69) is 24.5 Å². The predicted molar refractivity (Wildman–Crippen MR) is 89.0 cm³/mol. The van der Waals surface area contributed by atoms with Crippen molar-refractivity contribution in [3.8, 4) is 11.8 Å². The largest absolute Gasteiger partial charge is 0.353 e. The highest BCUT2D eigenvalue weighted by atomic mass is 16.7. The SMILES string of the molecule is C=CC#C/C=C/CCCCCCCCOC1CCCCO1. The molecule has 0 spiro atoms. The van der Waals surface area contributed by atoms with Crippen molar-refractivity contribution in [2.45, 2.75) is 70.5 Å². The number of rotatable bonds is 10. The molecule has 0 saturated carbocycles. The van der Waals surface area contributed by atoms with Crippen molar-refractivity contribution < 1.29 is 9.47 Å². The van der Waals surface area contributed by atoms with Gasteiger partial charge in [0.2, 0.25) is 0 Å². The molecule has 21 heavy (non-hydrogen) atoms. The predicted octanol–water partition coefficient (Wildman–Crippen LogP) is 5.01. The van der Waals surface area contributed by atoms with E-state index < -0.39 is 0 Å². The molecule has 0 aromatic heterocycles. The van der Waals surface area contributed by atoms with Crippen molar-refractivity contribution in [1.29, 1.82) is 0 Å². The third-order valence-electron chi connectivity index (χ3n) is 3.59. The normalized spacial score (nSPS) is 18.4. The zero-order valence-corrected chi connectivity index (χ0v) is 13.3. The quantitative estimate of drug-likeness (QED) is 0.416. The van der Waals surface area contributed by atoms with Gasteiger partial charge in [0.1, 0.15) is 0 Å². The zero-order valence-electron chi connectivity index (χ0n) is 13.3. The van der Waals surface area contributed by atoms with Gasteiger partial charge in [-0.05, 0) is 50.7 Å². The summed E-state index contributed by atoms with van der Waals surface area (Å²) in [6, 6.07) is 0. The van der Waals surface area contributed by atoms with E-state index >= 15 is 0 Å². The molecule has 0 amide bonds. The maximum Gasteiger partial charge on any atom is 0.157 e. The third-order valence-corrected chi connectivity index (χ3v) is 3.59. The van der Waals surface area contributed by atoms with Crippen LogP contribution in [-0.2, 0) is 9.47 Å². The molecule has 1 rings (SSSR count). The van der Waals surface area contributed by atoms with Crippen LogP contribution >= 0.6 is 0 Å². The molecule has 2 nitrogen and oxygen atoms in total.